The normalized spacial score (nSPS) is 15.2. The molecule has 0 aliphatic heterocycles. The van der Waals surface area contributed by atoms with E-state index in [0.29, 0.717) is 19.3 Å². The van der Waals surface area contributed by atoms with Crippen LogP contribution in [0.25, 0.3) is 0 Å². The van der Waals surface area contributed by atoms with Gasteiger partial charge in [0.15, 0.2) is 6.10 Å². The molecule has 338 valence electrons. The van der Waals surface area contributed by atoms with E-state index in [4.69, 9.17) is 23.8 Å². The van der Waals surface area contributed by atoms with Crippen molar-refractivity contribution in [2.24, 2.45) is 5.92 Å². The van der Waals surface area contributed by atoms with Gasteiger partial charge >= 0.3 is 27.6 Å². The van der Waals surface area contributed by atoms with Crippen molar-refractivity contribution in [3.63, 3.8) is 0 Å². The van der Waals surface area contributed by atoms with Crippen LogP contribution in [0.2, 0.25) is 0 Å². The minimum absolute atomic E-state index is 0.0333. The fourth-order valence-corrected chi connectivity index (χ4v) is 6.61. The molecule has 1 unspecified atom stereocenters. The number of rotatable bonds is 39. The maximum absolute atomic E-state index is 12.6. The molecule has 14 nitrogen and oxygen atoms in total. The zero-order valence-electron chi connectivity index (χ0n) is 35.4. The lowest BCUT2D eigenvalue weighted by atomic mass is 10.0. The summed E-state index contributed by atoms with van der Waals surface area (Å²) >= 11 is 0. The first-order chi connectivity index (χ1) is 27.6. The molecule has 0 fully saturated rings. The molecule has 0 bridgehead atoms. The molecule has 0 aliphatic rings. The monoisotopic (exact) mass is 866 g/mol. The van der Waals surface area contributed by atoms with Crippen molar-refractivity contribution in [1.82, 2.24) is 0 Å². The molecule has 0 radical (unpaired) electrons. The summed E-state index contributed by atoms with van der Waals surface area (Å²) < 4.78 is 47.6. The molecule has 0 saturated heterocycles. The van der Waals surface area contributed by atoms with E-state index in [0.717, 1.165) is 50.9 Å². The van der Waals surface area contributed by atoms with Gasteiger partial charge in [0.2, 0.25) is 0 Å². The van der Waals surface area contributed by atoms with Crippen molar-refractivity contribution in [3.8, 4) is 0 Å². The topological polar surface area (TPSA) is 216 Å². The van der Waals surface area contributed by atoms with E-state index in [1.165, 1.54) is 57.8 Å². The Kier molecular flexibility index (Phi) is 35.6. The maximum Gasteiger partial charge on any atom is 0.472 e. The molecule has 0 amide bonds. The molecule has 5 N–H and O–H groups in total. The van der Waals surface area contributed by atoms with E-state index in [1.807, 2.05) is 12.2 Å². The summed E-state index contributed by atoms with van der Waals surface area (Å²) in [5.74, 6) is -0.478. The smallest absolute Gasteiger partial charge is 0.462 e. The third kappa shape index (κ3) is 40.8. The van der Waals surface area contributed by atoms with Crippen LogP contribution in [0.15, 0.2) is 48.6 Å². The van der Waals surface area contributed by atoms with Crippen LogP contribution in [-0.4, -0.2) is 81.6 Å². The fourth-order valence-electron chi connectivity index (χ4n) is 5.46. The van der Waals surface area contributed by atoms with Crippen molar-refractivity contribution in [1.29, 1.82) is 0 Å². The van der Waals surface area contributed by atoms with Crippen LogP contribution in [0.3, 0.4) is 0 Å². The van der Waals surface area contributed by atoms with E-state index < -0.39 is 72.3 Å². The molecule has 58 heavy (non-hydrogen) atoms. The molecule has 0 aromatic rings. The van der Waals surface area contributed by atoms with E-state index in [2.05, 4.69) is 54.1 Å². The Balaban J connectivity index is 4.72. The average Bonchev–Trinajstić information content (AvgIpc) is 3.16. The Labute approximate surface area is 348 Å². The van der Waals surface area contributed by atoms with Gasteiger partial charge in [-0.05, 0) is 50.9 Å². The van der Waals surface area contributed by atoms with Gasteiger partial charge in [0.1, 0.15) is 12.7 Å². The lowest BCUT2D eigenvalue weighted by Crippen LogP contribution is -2.30. The number of carbonyl (C=O) groups excluding carboxylic acids is 2. The van der Waals surface area contributed by atoms with Crippen LogP contribution in [0.1, 0.15) is 156 Å². The second-order valence-corrected chi connectivity index (χ2v) is 17.6. The Morgan fingerprint density at radius 3 is 1.81 bits per heavy atom. The maximum atomic E-state index is 12.6. The van der Waals surface area contributed by atoms with Crippen molar-refractivity contribution in [2.75, 3.05) is 26.4 Å². The van der Waals surface area contributed by atoms with Crippen LogP contribution < -0.4 is 0 Å². The third-order valence-electron chi connectivity index (χ3n) is 8.74. The Hall–Kier alpha value is -1.96. The molecule has 0 heterocycles. The lowest BCUT2D eigenvalue weighted by molar-refractivity contribution is -0.161. The molecular formula is C42H76O14P2. The standard InChI is InChI=1S/C42H76O14P2/c1-4-5-6-7-8-9-10-11-12-16-19-22-25-29-38(43)30-27-32-41(45)52-35-40(36-55-58(50,51)54-34-39(44)33-53-57(47,48)49)56-42(46)31-26-23-20-17-14-13-15-18-21-24-28-37(2)3/h8-9,11-12,19,22,25,29,37-40,43-44H,4-7,10,13-18,20-21,23-24,26-28,30-36H2,1-3H3,(H,50,51)(H2,47,48,49)/b9-8-,12-11-,22-19-,29-25+/t38-,39+,40-/m1/s1. The van der Waals surface area contributed by atoms with Gasteiger partial charge in [-0.1, -0.05) is 146 Å². The molecule has 0 aromatic carbocycles. The molecular weight excluding hydrogens is 790 g/mol. The van der Waals surface area contributed by atoms with E-state index in [9.17, 15) is 33.8 Å². The fraction of sp³-hybridized carbons (Fsp3) is 0.762. The van der Waals surface area contributed by atoms with Gasteiger partial charge in [-0.2, -0.15) is 0 Å². The number of aliphatic hydroxyl groups excluding tert-OH is 2. The number of phosphoric acid groups is 2. The molecule has 0 aromatic heterocycles. The van der Waals surface area contributed by atoms with E-state index >= 15 is 0 Å². The zero-order chi connectivity index (χ0) is 43.3. The number of hydrogen-bond donors (Lipinski definition) is 5. The molecule has 4 atom stereocenters. The number of unbranched alkanes of at least 4 members (excludes halogenated alkanes) is 12. The zero-order valence-corrected chi connectivity index (χ0v) is 37.2. The molecule has 0 aliphatic carbocycles. The second kappa shape index (κ2) is 36.9. The van der Waals surface area contributed by atoms with Crippen LogP contribution in [0, 0.1) is 5.92 Å². The lowest BCUT2D eigenvalue weighted by Gasteiger charge is -2.20. The highest BCUT2D eigenvalue weighted by Crippen LogP contribution is 2.43. The summed E-state index contributed by atoms with van der Waals surface area (Å²) in [4.78, 5) is 52.6. The number of allylic oxidation sites excluding steroid dienone is 7. The Morgan fingerprint density at radius 2 is 1.17 bits per heavy atom. The first-order valence-corrected chi connectivity index (χ1v) is 24.3. The quantitative estimate of drug-likeness (QED) is 0.0128. The van der Waals surface area contributed by atoms with Crippen LogP contribution >= 0.6 is 15.6 Å². The second-order valence-electron chi connectivity index (χ2n) is 14.9. The van der Waals surface area contributed by atoms with Crippen LogP contribution in [0.4, 0.5) is 0 Å². The van der Waals surface area contributed by atoms with E-state index in [1.54, 1.807) is 12.2 Å². The summed E-state index contributed by atoms with van der Waals surface area (Å²) in [6.45, 7) is 3.79. The summed E-state index contributed by atoms with van der Waals surface area (Å²) in [7, 11) is -9.73. The summed E-state index contributed by atoms with van der Waals surface area (Å²) in [6.07, 6.45) is 31.5. The van der Waals surface area contributed by atoms with Crippen molar-refractivity contribution < 1.29 is 66.7 Å². The largest absolute Gasteiger partial charge is 0.472 e. The highest BCUT2D eigenvalue weighted by Gasteiger charge is 2.28. The minimum atomic E-state index is -4.88. The van der Waals surface area contributed by atoms with Gasteiger partial charge in [0.05, 0.1) is 25.9 Å². The van der Waals surface area contributed by atoms with Crippen molar-refractivity contribution in [3.05, 3.63) is 48.6 Å². The number of esters is 2. The highest BCUT2D eigenvalue weighted by molar-refractivity contribution is 7.47. The first kappa shape index (κ1) is 56.0. The SMILES string of the molecule is CCCCC/C=C\C/C=C\C/C=C\C=C\[C@@H](O)CCCC(=O)OC[C@H](COP(=O)(O)OC[C@@H](O)COP(=O)(O)O)OC(=O)CCCCCCCCCCCCC(C)C. The molecule has 16 heteroatoms. The number of hydrogen-bond acceptors (Lipinski definition) is 11. The van der Waals surface area contributed by atoms with Gasteiger partial charge in [-0.3, -0.25) is 23.2 Å². The third-order valence-corrected chi connectivity index (χ3v) is 10.2. The molecule has 0 saturated carbocycles. The van der Waals surface area contributed by atoms with Gasteiger partial charge in [-0.15, -0.1) is 0 Å². The minimum Gasteiger partial charge on any atom is -0.462 e. The molecule has 0 spiro atoms. The number of aliphatic hydroxyl groups is 2. The Morgan fingerprint density at radius 1 is 0.603 bits per heavy atom. The van der Waals surface area contributed by atoms with Gasteiger partial charge in [0, 0.05) is 12.8 Å². The van der Waals surface area contributed by atoms with Crippen LogP contribution in [0.5, 0.6) is 0 Å². The van der Waals surface area contributed by atoms with E-state index in [-0.39, 0.29) is 12.8 Å². The summed E-state index contributed by atoms with van der Waals surface area (Å²) in [5.41, 5.74) is 0. The summed E-state index contributed by atoms with van der Waals surface area (Å²) in [5, 5.41) is 20.0. The van der Waals surface area contributed by atoms with Gasteiger partial charge in [0.25, 0.3) is 0 Å². The van der Waals surface area contributed by atoms with Crippen molar-refractivity contribution >= 4 is 27.6 Å². The predicted octanol–water partition coefficient (Wildman–Crippen LogP) is 9.50. The Bertz CT molecular complexity index is 1250. The number of carbonyl (C=O) groups is 2. The number of phosphoric ester groups is 2. The predicted molar refractivity (Wildman–Crippen MR) is 227 cm³/mol. The van der Waals surface area contributed by atoms with Gasteiger partial charge in [-0.25, -0.2) is 9.13 Å². The number of ether oxygens (including phenoxy) is 2. The first-order valence-electron chi connectivity index (χ1n) is 21.3. The van der Waals surface area contributed by atoms with Crippen molar-refractivity contribution in [2.45, 2.75) is 174 Å². The van der Waals surface area contributed by atoms with Gasteiger partial charge < -0.3 is 34.4 Å². The highest BCUT2D eigenvalue weighted by atomic mass is 31.2. The summed E-state index contributed by atoms with van der Waals surface area (Å²) in [6, 6.07) is 0. The van der Waals surface area contributed by atoms with Crippen LogP contribution in [-0.2, 0) is 41.8 Å². The average molecular weight is 867 g/mol. The molecule has 0 rings (SSSR count).